The van der Waals surface area contributed by atoms with Crippen molar-refractivity contribution in [3.8, 4) is 0 Å². The molecule has 128 valence electrons. The lowest BCUT2D eigenvalue weighted by molar-refractivity contribution is -0.120. The number of benzene rings is 1. The van der Waals surface area contributed by atoms with Crippen LogP contribution < -0.4 is 5.32 Å². The van der Waals surface area contributed by atoms with Gasteiger partial charge in [0, 0.05) is 30.1 Å². The Hall–Kier alpha value is -1.77. The molecule has 1 amide bonds. The van der Waals surface area contributed by atoms with Gasteiger partial charge in [-0.2, -0.15) is 4.31 Å². The third-order valence-electron chi connectivity index (χ3n) is 4.06. The third kappa shape index (κ3) is 3.66. The number of aromatic nitrogens is 1. The third-order valence-corrected chi connectivity index (χ3v) is 6.80. The minimum absolute atomic E-state index is 0.0823. The summed E-state index contributed by atoms with van der Waals surface area (Å²) < 4.78 is 26.6. The van der Waals surface area contributed by atoms with E-state index in [1.165, 1.54) is 15.6 Å². The highest BCUT2D eigenvalue weighted by molar-refractivity contribution is 7.89. The van der Waals surface area contributed by atoms with E-state index in [4.69, 9.17) is 0 Å². The van der Waals surface area contributed by atoms with Crippen LogP contribution in [-0.4, -0.2) is 36.7 Å². The predicted molar refractivity (Wildman–Crippen MR) is 93.4 cm³/mol. The molecule has 1 aliphatic rings. The average Bonchev–Trinajstić information content (AvgIpc) is 3.00. The Morgan fingerprint density at radius 2 is 1.92 bits per heavy atom. The van der Waals surface area contributed by atoms with Crippen LogP contribution in [0.25, 0.3) is 0 Å². The summed E-state index contributed by atoms with van der Waals surface area (Å²) in [6, 6.07) is 8.40. The van der Waals surface area contributed by atoms with Gasteiger partial charge >= 0.3 is 0 Å². The molecule has 24 heavy (non-hydrogen) atoms. The summed E-state index contributed by atoms with van der Waals surface area (Å²) >= 11 is 1.43. The van der Waals surface area contributed by atoms with E-state index in [0.29, 0.717) is 36.0 Å². The molecule has 0 atom stereocenters. The molecule has 6 nitrogen and oxygen atoms in total. The normalized spacial score (nSPS) is 16.9. The maximum absolute atomic E-state index is 12.6. The van der Waals surface area contributed by atoms with Crippen LogP contribution >= 0.6 is 11.3 Å². The fourth-order valence-corrected chi connectivity index (χ4v) is 4.88. The molecule has 3 rings (SSSR count). The van der Waals surface area contributed by atoms with E-state index < -0.39 is 10.0 Å². The van der Waals surface area contributed by atoms with Crippen molar-refractivity contribution in [2.45, 2.75) is 24.7 Å². The highest BCUT2D eigenvalue weighted by Crippen LogP contribution is 2.25. The molecule has 8 heteroatoms. The number of piperidine rings is 1. The van der Waals surface area contributed by atoms with Crippen molar-refractivity contribution in [1.82, 2.24) is 9.29 Å². The second kappa shape index (κ2) is 7.00. The van der Waals surface area contributed by atoms with Gasteiger partial charge in [0.2, 0.25) is 15.9 Å². The van der Waals surface area contributed by atoms with E-state index in [0.717, 1.165) is 4.88 Å². The molecule has 1 fully saturated rings. The molecule has 0 spiro atoms. The SMILES string of the molecule is Cc1cnc(NC(=O)C2CCN(S(=O)(=O)c3ccccc3)CC2)s1. The van der Waals surface area contributed by atoms with Gasteiger partial charge in [0.05, 0.1) is 4.90 Å². The van der Waals surface area contributed by atoms with Gasteiger partial charge < -0.3 is 5.32 Å². The summed E-state index contributed by atoms with van der Waals surface area (Å²) in [4.78, 5) is 17.7. The maximum atomic E-state index is 12.6. The maximum Gasteiger partial charge on any atom is 0.243 e. The number of anilines is 1. The molecule has 0 unspecified atom stereocenters. The van der Waals surface area contributed by atoms with Crippen molar-refractivity contribution in [3.05, 3.63) is 41.4 Å². The van der Waals surface area contributed by atoms with Crippen LogP contribution in [0.15, 0.2) is 41.4 Å². The number of rotatable bonds is 4. The zero-order valence-corrected chi connectivity index (χ0v) is 14.9. The number of hydrogen-bond donors (Lipinski definition) is 1. The van der Waals surface area contributed by atoms with E-state index in [1.807, 2.05) is 6.92 Å². The van der Waals surface area contributed by atoms with E-state index in [9.17, 15) is 13.2 Å². The summed E-state index contributed by atoms with van der Waals surface area (Å²) in [7, 11) is -3.48. The van der Waals surface area contributed by atoms with Crippen molar-refractivity contribution in [2.24, 2.45) is 5.92 Å². The molecule has 0 radical (unpaired) electrons. The lowest BCUT2D eigenvalue weighted by Crippen LogP contribution is -2.41. The number of nitrogens with one attached hydrogen (secondary N) is 1. The number of hydrogen-bond acceptors (Lipinski definition) is 5. The van der Waals surface area contributed by atoms with Gasteiger partial charge in [0.15, 0.2) is 5.13 Å². The van der Waals surface area contributed by atoms with Crippen LogP contribution in [0.5, 0.6) is 0 Å². The fourth-order valence-electron chi connectivity index (χ4n) is 2.72. The van der Waals surface area contributed by atoms with Crippen molar-refractivity contribution in [2.75, 3.05) is 18.4 Å². The van der Waals surface area contributed by atoms with E-state index in [-0.39, 0.29) is 11.8 Å². The molecule has 1 N–H and O–H groups in total. The number of amides is 1. The monoisotopic (exact) mass is 365 g/mol. The minimum atomic E-state index is -3.48. The summed E-state index contributed by atoms with van der Waals surface area (Å²) in [5, 5.41) is 3.41. The van der Waals surface area contributed by atoms with Gasteiger partial charge in [-0.25, -0.2) is 13.4 Å². The molecule has 1 saturated heterocycles. The van der Waals surface area contributed by atoms with Gasteiger partial charge in [0.1, 0.15) is 0 Å². The number of aryl methyl sites for hydroxylation is 1. The zero-order chi connectivity index (χ0) is 17.2. The Bertz CT molecular complexity index is 810. The Kier molecular flexibility index (Phi) is 4.98. The molecule has 0 saturated carbocycles. The summed E-state index contributed by atoms with van der Waals surface area (Å²) in [6.07, 6.45) is 2.75. The smallest absolute Gasteiger partial charge is 0.243 e. The van der Waals surface area contributed by atoms with Crippen molar-refractivity contribution < 1.29 is 13.2 Å². The molecule has 1 aliphatic heterocycles. The molecular weight excluding hydrogens is 346 g/mol. The van der Waals surface area contributed by atoms with Gasteiger partial charge in [-0.15, -0.1) is 11.3 Å². The van der Waals surface area contributed by atoms with E-state index >= 15 is 0 Å². The van der Waals surface area contributed by atoms with Crippen LogP contribution in [0.2, 0.25) is 0 Å². The first-order valence-electron chi connectivity index (χ1n) is 7.75. The Labute approximate surface area is 145 Å². The molecule has 2 aromatic rings. The minimum Gasteiger partial charge on any atom is -0.302 e. The fraction of sp³-hybridized carbons (Fsp3) is 0.375. The first-order chi connectivity index (χ1) is 11.5. The van der Waals surface area contributed by atoms with Crippen molar-refractivity contribution in [3.63, 3.8) is 0 Å². The van der Waals surface area contributed by atoms with E-state index in [2.05, 4.69) is 10.3 Å². The zero-order valence-electron chi connectivity index (χ0n) is 13.3. The van der Waals surface area contributed by atoms with Crippen LogP contribution in [0.4, 0.5) is 5.13 Å². The number of nitrogens with zero attached hydrogens (tertiary/aromatic N) is 2. The molecule has 1 aromatic heterocycles. The van der Waals surface area contributed by atoms with Crippen LogP contribution in [-0.2, 0) is 14.8 Å². The van der Waals surface area contributed by atoms with Crippen molar-refractivity contribution in [1.29, 1.82) is 0 Å². The number of carbonyl (C=O) groups is 1. The first-order valence-corrected chi connectivity index (χ1v) is 10.0. The average molecular weight is 365 g/mol. The van der Waals surface area contributed by atoms with Gasteiger partial charge in [-0.05, 0) is 31.9 Å². The van der Waals surface area contributed by atoms with Crippen LogP contribution in [0.1, 0.15) is 17.7 Å². The van der Waals surface area contributed by atoms with Crippen LogP contribution in [0.3, 0.4) is 0 Å². The second-order valence-electron chi connectivity index (χ2n) is 5.76. The number of sulfonamides is 1. The highest BCUT2D eigenvalue weighted by atomic mass is 32.2. The second-order valence-corrected chi connectivity index (χ2v) is 8.93. The molecule has 0 aliphatic carbocycles. The Morgan fingerprint density at radius 3 is 2.50 bits per heavy atom. The van der Waals surface area contributed by atoms with Crippen molar-refractivity contribution >= 4 is 32.4 Å². The molecule has 0 bridgehead atoms. The van der Waals surface area contributed by atoms with Gasteiger partial charge in [-0.1, -0.05) is 18.2 Å². The topological polar surface area (TPSA) is 79.4 Å². The highest BCUT2D eigenvalue weighted by Gasteiger charge is 2.32. The predicted octanol–water partition coefficient (Wildman–Crippen LogP) is 2.49. The Morgan fingerprint density at radius 1 is 1.25 bits per heavy atom. The lowest BCUT2D eigenvalue weighted by Gasteiger charge is -2.30. The lowest BCUT2D eigenvalue weighted by atomic mass is 9.97. The summed E-state index contributed by atoms with van der Waals surface area (Å²) in [6.45, 7) is 2.64. The molecule has 1 aromatic carbocycles. The van der Waals surface area contributed by atoms with E-state index in [1.54, 1.807) is 36.5 Å². The number of carbonyl (C=O) groups excluding carboxylic acids is 1. The Balaban J connectivity index is 1.60. The number of thiazole rings is 1. The largest absolute Gasteiger partial charge is 0.302 e. The van der Waals surface area contributed by atoms with Crippen LogP contribution in [0, 0.1) is 12.8 Å². The molecular formula is C16H19N3O3S2. The summed E-state index contributed by atoms with van der Waals surface area (Å²) in [5.41, 5.74) is 0. The van der Waals surface area contributed by atoms with Gasteiger partial charge in [-0.3, -0.25) is 4.79 Å². The summed E-state index contributed by atoms with van der Waals surface area (Å²) in [5.74, 6) is -0.266. The standard InChI is InChI=1S/C16H19N3O3S2/c1-12-11-17-16(23-12)18-15(20)13-7-9-19(10-8-13)24(21,22)14-5-3-2-4-6-14/h2-6,11,13H,7-10H2,1H3,(H,17,18,20). The quantitative estimate of drug-likeness (QED) is 0.903. The first kappa shape index (κ1) is 17.1. The molecule has 2 heterocycles. The van der Waals surface area contributed by atoms with Gasteiger partial charge in [0.25, 0.3) is 0 Å².